The zero-order chi connectivity index (χ0) is 16.2. The van der Waals surface area contributed by atoms with Gasteiger partial charge in [0.05, 0.1) is 32.3 Å². The molecule has 0 aliphatic rings. The smallest absolute Gasteiger partial charge is 0.416 e. The molecule has 8 heteroatoms. The zero-order valence-electron chi connectivity index (χ0n) is 11.3. The third-order valence-electron chi connectivity index (χ3n) is 2.85. The van der Waals surface area contributed by atoms with E-state index in [1.807, 2.05) is 0 Å². The van der Waals surface area contributed by atoms with Crippen LogP contribution in [0, 0.1) is 0 Å². The van der Waals surface area contributed by atoms with Crippen molar-refractivity contribution in [2.24, 2.45) is 0 Å². The second-order valence-corrected chi connectivity index (χ2v) is 4.25. The molecule has 1 rings (SSSR count). The van der Waals surface area contributed by atoms with Crippen molar-refractivity contribution in [2.45, 2.75) is 24.8 Å². The molecule has 0 saturated carbocycles. The Hall–Kier alpha value is -1.80. The highest BCUT2D eigenvalue weighted by Crippen LogP contribution is 2.36. The van der Waals surface area contributed by atoms with Crippen LogP contribution in [-0.2, 0) is 15.7 Å². The molecule has 2 N–H and O–H groups in total. The van der Waals surface area contributed by atoms with Gasteiger partial charge in [-0.1, -0.05) is 6.07 Å². The van der Waals surface area contributed by atoms with Crippen LogP contribution in [0.5, 0.6) is 5.75 Å². The van der Waals surface area contributed by atoms with Gasteiger partial charge in [-0.2, -0.15) is 13.2 Å². The van der Waals surface area contributed by atoms with Crippen molar-refractivity contribution in [1.29, 1.82) is 0 Å². The summed E-state index contributed by atoms with van der Waals surface area (Å²) in [7, 11) is 2.25. The highest BCUT2D eigenvalue weighted by Gasteiger charge is 2.32. The van der Waals surface area contributed by atoms with E-state index in [0.29, 0.717) is 6.07 Å². The van der Waals surface area contributed by atoms with Gasteiger partial charge in [0, 0.05) is 5.56 Å². The van der Waals surface area contributed by atoms with E-state index in [0.717, 1.165) is 26.4 Å². The topological polar surface area (TPSA) is 76.0 Å². The van der Waals surface area contributed by atoms with Crippen molar-refractivity contribution in [3.05, 3.63) is 29.3 Å². The largest absolute Gasteiger partial charge is 0.496 e. The fraction of sp³-hybridized carbons (Fsp3) is 0.462. The minimum atomic E-state index is -4.55. The van der Waals surface area contributed by atoms with Crippen LogP contribution < -0.4 is 4.74 Å². The van der Waals surface area contributed by atoms with Crippen molar-refractivity contribution in [1.82, 2.24) is 0 Å². The first kappa shape index (κ1) is 17.3. The Morgan fingerprint density at radius 1 is 1.29 bits per heavy atom. The Bertz CT molecular complexity index is 501. The van der Waals surface area contributed by atoms with Gasteiger partial charge in [0.1, 0.15) is 11.9 Å². The Balaban J connectivity index is 3.04. The summed E-state index contributed by atoms with van der Waals surface area (Å²) in [5.41, 5.74) is -1.00. The highest BCUT2D eigenvalue weighted by molar-refractivity contribution is 5.69. The quantitative estimate of drug-likeness (QED) is 0.809. The van der Waals surface area contributed by atoms with Crippen LogP contribution in [0.2, 0.25) is 0 Å². The van der Waals surface area contributed by atoms with Crippen molar-refractivity contribution in [3.8, 4) is 5.75 Å². The summed E-state index contributed by atoms with van der Waals surface area (Å²) in [4.78, 5) is 11.0. The molecular weight excluding hydrogens is 293 g/mol. The molecule has 1 aromatic rings. The summed E-state index contributed by atoms with van der Waals surface area (Å²) in [6.45, 7) is 0. The second-order valence-electron chi connectivity index (χ2n) is 4.25. The fourth-order valence-electron chi connectivity index (χ4n) is 1.70. The van der Waals surface area contributed by atoms with Gasteiger partial charge in [-0.25, -0.2) is 0 Å². The van der Waals surface area contributed by atoms with Crippen LogP contribution in [0.25, 0.3) is 0 Å². The zero-order valence-corrected chi connectivity index (χ0v) is 11.3. The minimum Gasteiger partial charge on any atom is -0.496 e. The number of ether oxygens (including phenoxy) is 2. The molecule has 2 atom stereocenters. The number of hydrogen-bond donors (Lipinski definition) is 2. The number of rotatable bonds is 5. The SMILES string of the molecule is COC(=O)CC(O)C(O)c1ccc(C(F)(F)F)cc1OC. The lowest BCUT2D eigenvalue weighted by atomic mass is 9.99. The van der Waals surface area contributed by atoms with E-state index >= 15 is 0 Å². The molecule has 1 aromatic carbocycles. The average Bonchev–Trinajstić information content (AvgIpc) is 2.44. The predicted octanol–water partition coefficient (Wildman–Crippen LogP) is 1.67. The molecule has 5 nitrogen and oxygen atoms in total. The van der Waals surface area contributed by atoms with Crippen LogP contribution >= 0.6 is 0 Å². The van der Waals surface area contributed by atoms with E-state index in [-0.39, 0.29) is 11.3 Å². The first-order valence-electron chi connectivity index (χ1n) is 5.88. The number of benzene rings is 1. The van der Waals surface area contributed by atoms with Gasteiger partial charge in [-0.05, 0) is 12.1 Å². The lowest BCUT2D eigenvalue weighted by molar-refractivity contribution is -0.144. The number of alkyl halides is 3. The third kappa shape index (κ3) is 4.33. The van der Waals surface area contributed by atoms with Crippen LogP contribution in [0.15, 0.2) is 18.2 Å². The maximum Gasteiger partial charge on any atom is 0.416 e. The van der Waals surface area contributed by atoms with Crippen LogP contribution in [-0.4, -0.2) is 36.5 Å². The number of carbonyl (C=O) groups excluding carboxylic acids is 1. The van der Waals surface area contributed by atoms with Gasteiger partial charge in [0.2, 0.25) is 0 Å². The molecule has 2 unspecified atom stereocenters. The molecule has 0 radical (unpaired) electrons. The number of carbonyl (C=O) groups is 1. The van der Waals surface area contributed by atoms with Gasteiger partial charge in [-0.3, -0.25) is 4.79 Å². The molecule has 21 heavy (non-hydrogen) atoms. The maximum absolute atomic E-state index is 12.6. The van der Waals surface area contributed by atoms with E-state index in [4.69, 9.17) is 4.74 Å². The standard InChI is InChI=1S/C13H15F3O5/c1-20-10-5-7(13(14,15)16)3-4-8(10)12(19)9(17)6-11(18)21-2/h3-5,9,12,17,19H,6H2,1-2H3. The fourth-order valence-corrected chi connectivity index (χ4v) is 1.70. The summed E-state index contributed by atoms with van der Waals surface area (Å²) >= 11 is 0. The van der Waals surface area contributed by atoms with Crippen molar-refractivity contribution in [2.75, 3.05) is 14.2 Å². The molecule has 0 aliphatic carbocycles. The Labute approximate surface area is 118 Å². The molecule has 0 aliphatic heterocycles. The molecule has 0 amide bonds. The van der Waals surface area contributed by atoms with Gasteiger partial charge in [-0.15, -0.1) is 0 Å². The van der Waals surface area contributed by atoms with Gasteiger partial charge < -0.3 is 19.7 Å². The summed E-state index contributed by atoms with van der Waals surface area (Å²) in [5, 5.41) is 19.6. The van der Waals surface area contributed by atoms with E-state index in [9.17, 15) is 28.2 Å². The van der Waals surface area contributed by atoms with E-state index in [2.05, 4.69) is 4.74 Å². The summed E-state index contributed by atoms with van der Waals surface area (Å²) in [6.07, 6.45) is -8.16. The Kier molecular flexibility index (Phi) is 5.56. The lowest BCUT2D eigenvalue weighted by Crippen LogP contribution is -2.23. The number of aliphatic hydroxyl groups is 2. The number of hydrogen-bond acceptors (Lipinski definition) is 5. The molecule has 0 spiro atoms. The molecule has 0 aromatic heterocycles. The van der Waals surface area contributed by atoms with Gasteiger partial charge >= 0.3 is 12.1 Å². The summed E-state index contributed by atoms with van der Waals surface area (Å²) in [5.74, 6) is -0.992. The van der Waals surface area contributed by atoms with Crippen molar-refractivity contribution < 1.29 is 37.7 Å². The van der Waals surface area contributed by atoms with E-state index in [1.54, 1.807) is 0 Å². The highest BCUT2D eigenvalue weighted by atomic mass is 19.4. The van der Waals surface area contributed by atoms with Crippen molar-refractivity contribution >= 4 is 5.97 Å². The molecule has 118 valence electrons. The third-order valence-corrected chi connectivity index (χ3v) is 2.85. The van der Waals surface area contributed by atoms with Gasteiger partial charge in [0.15, 0.2) is 0 Å². The van der Waals surface area contributed by atoms with Crippen LogP contribution in [0.1, 0.15) is 23.7 Å². The molecule has 0 fully saturated rings. The van der Waals surface area contributed by atoms with E-state index < -0.39 is 36.3 Å². The molecule has 0 heterocycles. The summed E-state index contributed by atoms with van der Waals surface area (Å²) in [6, 6.07) is 2.46. The average molecular weight is 308 g/mol. The normalized spacial score (nSPS) is 14.4. The molecular formula is C13H15F3O5. The Morgan fingerprint density at radius 3 is 2.38 bits per heavy atom. The minimum absolute atomic E-state index is 0.0538. The number of halogens is 3. The number of esters is 1. The number of aliphatic hydroxyl groups excluding tert-OH is 2. The first-order chi connectivity index (χ1) is 9.70. The maximum atomic E-state index is 12.6. The second kappa shape index (κ2) is 6.77. The first-order valence-corrected chi connectivity index (χ1v) is 5.88. The predicted molar refractivity (Wildman–Crippen MR) is 65.6 cm³/mol. The van der Waals surface area contributed by atoms with E-state index in [1.165, 1.54) is 0 Å². The van der Waals surface area contributed by atoms with Gasteiger partial charge in [0.25, 0.3) is 0 Å². The lowest BCUT2D eigenvalue weighted by Gasteiger charge is -2.20. The number of methoxy groups -OCH3 is 2. The van der Waals surface area contributed by atoms with Crippen LogP contribution in [0.3, 0.4) is 0 Å². The molecule has 0 bridgehead atoms. The summed E-state index contributed by atoms with van der Waals surface area (Å²) < 4.78 is 46.9. The Morgan fingerprint density at radius 2 is 1.90 bits per heavy atom. The van der Waals surface area contributed by atoms with Crippen molar-refractivity contribution in [3.63, 3.8) is 0 Å². The molecule has 0 saturated heterocycles. The van der Waals surface area contributed by atoms with Crippen LogP contribution in [0.4, 0.5) is 13.2 Å². The monoisotopic (exact) mass is 308 g/mol.